The van der Waals surface area contributed by atoms with E-state index >= 15 is 0 Å². The van der Waals surface area contributed by atoms with Gasteiger partial charge in [-0.3, -0.25) is 4.79 Å². The van der Waals surface area contributed by atoms with E-state index in [4.69, 9.17) is 0 Å². The molecule has 6 heteroatoms. The molecule has 0 spiro atoms. The first-order valence-corrected chi connectivity index (χ1v) is 10.8. The third-order valence-electron chi connectivity index (χ3n) is 4.28. The highest BCUT2D eigenvalue weighted by Crippen LogP contribution is 2.10. The number of carbonyl (C=O) groups is 1. The fourth-order valence-electron chi connectivity index (χ4n) is 3.02. The molecule has 1 amide bonds. The molecule has 0 aromatic heterocycles. The molecule has 1 aliphatic heterocycles. The first-order valence-electron chi connectivity index (χ1n) is 8.71. The average molecular weight is 353 g/mol. The lowest BCUT2D eigenvalue weighted by molar-refractivity contribution is 0.0951. The van der Waals surface area contributed by atoms with Crippen LogP contribution in [-0.4, -0.2) is 51.7 Å². The molecule has 24 heavy (non-hydrogen) atoms. The summed E-state index contributed by atoms with van der Waals surface area (Å²) in [6.45, 7) is 4.06. The molecule has 1 aromatic rings. The number of likely N-dealkylation sites (tertiary alicyclic amines) is 1. The van der Waals surface area contributed by atoms with E-state index in [1.54, 1.807) is 24.3 Å². The average Bonchev–Trinajstić information content (AvgIpc) is 2.79. The maximum absolute atomic E-state index is 12.1. The zero-order valence-corrected chi connectivity index (χ0v) is 15.3. The van der Waals surface area contributed by atoms with Gasteiger partial charge in [-0.15, -0.1) is 0 Å². The second-order valence-electron chi connectivity index (χ2n) is 6.63. The van der Waals surface area contributed by atoms with E-state index in [0.717, 1.165) is 13.0 Å². The summed E-state index contributed by atoms with van der Waals surface area (Å²) in [6, 6.07) is 6.77. The molecule has 1 fully saturated rings. The second-order valence-corrected chi connectivity index (χ2v) is 8.77. The van der Waals surface area contributed by atoms with Crippen LogP contribution in [0.15, 0.2) is 24.3 Å². The number of amides is 1. The van der Waals surface area contributed by atoms with Gasteiger partial charge in [0.2, 0.25) is 0 Å². The van der Waals surface area contributed by atoms with Crippen molar-refractivity contribution in [2.45, 2.75) is 37.9 Å². The van der Waals surface area contributed by atoms with E-state index < -0.39 is 9.84 Å². The summed E-state index contributed by atoms with van der Waals surface area (Å²) >= 11 is 0. The van der Waals surface area contributed by atoms with E-state index in [1.807, 2.05) is 0 Å². The lowest BCUT2D eigenvalue weighted by Gasteiger charge is -2.19. The van der Waals surface area contributed by atoms with E-state index in [9.17, 15) is 13.2 Å². The Morgan fingerprint density at radius 3 is 2.29 bits per heavy atom. The third-order valence-corrected chi connectivity index (χ3v) is 5.14. The molecule has 5 nitrogen and oxygen atoms in total. The number of benzene rings is 1. The van der Waals surface area contributed by atoms with Gasteiger partial charge in [0.25, 0.3) is 5.91 Å². The Kier molecular flexibility index (Phi) is 7.24. The van der Waals surface area contributed by atoms with Gasteiger partial charge in [0.15, 0.2) is 9.84 Å². The van der Waals surface area contributed by atoms with Gasteiger partial charge in [0.05, 0.1) is 5.75 Å². The highest BCUT2D eigenvalue weighted by atomic mass is 32.2. The van der Waals surface area contributed by atoms with E-state index in [0.29, 0.717) is 17.7 Å². The Balaban J connectivity index is 1.72. The van der Waals surface area contributed by atoms with Gasteiger partial charge >= 0.3 is 0 Å². The maximum Gasteiger partial charge on any atom is 0.251 e. The largest absolute Gasteiger partial charge is 0.352 e. The summed E-state index contributed by atoms with van der Waals surface area (Å²) in [5.74, 6) is -0.0955. The summed E-state index contributed by atoms with van der Waals surface area (Å²) in [4.78, 5) is 14.6. The highest BCUT2D eigenvalue weighted by Gasteiger charge is 2.10. The molecule has 0 bridgehead atoms. The maximum atomic E-state index is 12.1. The molecule has 0 atom stereocenters. The quantitative estimate of drug-likeness (QED) is 0.764. The molecule has 2 rings (SSSR count). The van der Waals surface area contributed by atoms with Crippen LogP contribution in [0.4, 0.5) is 0 Å². The van der Waals surface area contributed by atoms with Crippen molar-refractivity contribution in [2.75, 3.05) is 32.4 Å². The summed E-state index contributed by atoms with van der Waals surface area (Å²) < 4.78 is 22.5. The molecule has 0 saturated carbocycles. The standard InChI is InChI=1S/C18H28N2O3S/c1-24(22,23)15-16-7-9-17(10-8-16)18(21)19-11-6-14-20-12-4-2-3-5-13-20/h7-10H,2-6,11-15H2,1H3,(H,19,21). The fourth-order valence-corrected chi connectivity index (χ4v) is 3.82. The number of nitrogens with one attached hydrogen (secondary N) is 1. The van der Waals surface area contributed by atoms with Crippen LogP contribution in [0.3, 0.4) is 0 Å². The molecule has 1 heterocycles. The summed E-state index contributed by atoms with van der Waals surface area (Å²) in [5.41, 5.74) is 1.28. The SMILES string of the molecule is CS(=O)(=O)Cc1ccc(C(=O)NCCCN2CCCCCC2)cc1. The second kappa shape index (κ2) is 9.18. The molecular weight excluding hydrogens is 324 g/mol. The Hall–Kier alpha value is -1.40. The van der Waals surface area contributed by atoms with Gasteiger partial charge in [-0.05, 0) is 56.6 Å². The van der Waals surface area contributed by atoms with Gasteiger partial charge in [-0.1, -0.05) is 25.0 Å². The van der Waals surface area contributed by atoms with Crippen LogP contribution in [0.5, 0.6) is 0 Å². The summed E-state index contributed by atoms with van der Waals surface area (Å²) in [7, 11) is -3.05. The van der Waals surface area contributed by atoms with Crippen molar-refractivity contribution in [2.24, 2.45) is 0 Å². The van der Waals surface area contributed by atoms with Crippen molar-refractivity contribution >= 4 is 15.7 Å². The third kappa shape index (κ3) is 7.01. The lowest BCUT2D eigenvalue weighted by atomic mass is 10.1. The number of hydrogen-bond donors (Lipinski definition) is 1. The van der Waals surface area contributed by atoms with Crippen LogP contribution in [0, 0.1) is 0 Å². The van der Waals surface area contributed by atoms with Gasteiger partial charge in [-0.2, -0.15) is 0 Å². The van der Waals surface area contributed by atoms with Crippen molar-refractivity contribution in [3.05, 3.63) is 35.4 Å². The molecular formula is C18H28N2O3S. The molecule has 1 aromatic carbocycles. The molecule has 1 saturated heterocycles. The van der Waals surface area contributed by atoms with Gasteiger partial charge in [-0.25, -0.2) is 8.42 Å². The van der Waals surface area contributed by atoms with Gasteiger partial charge in [0, 0.05) is 18.4 Å². The van der Waals surface area contributed by atoms with E-state index in [1.165, 1.54) is 45.0 Å². The van der Waals surface area contributed by atoms with Crippen LogP contribution in [0.25, 0.3) is 0 Å². The predicted octanol–water partition coefficient (Wildman–Crippen LogP) is 2.23. The van der Waals surface area contributed by atoms with Crippen LogP contribution in [0.1, 0.15) is 48.0 Å². The summed E-state index contributed by atoms with van der Waals surface area (Å²) in [6.07, 6.45) is 7.40. The van der Waals surface area contributed by atoms with E-state index in [-0.39, 0.29) is 11.7 Å². The zero-order valence-electron chi connectivity index (χ0n) is 14.5. The number of rotatable bonds is 7. The fraction of sp³-hybridized carbons (Fsp3) is 0.611. The molecule has 1 N–H and O–H groups in total. The number of sulfone groups is 1. The van der Waals surface area contributed by atoms with Crippen molar-refractivity contribution in [1.82, 2.24) is 10.2 Å². The molecule has 1 aliphatic rings. The van der Waals surface area contributed by atoms with Crippen molar-refractivity contribution in [3.8, 4) is 0 Å². The first-order chi connectivity index (χ1) is 11.4. The Labute approximate surface area is 145 Å². The van der Waals surface area contributed by atoms with Crippen LogP contribution in [0.2, 0.25) is 0 Å². The first kappa shape index (κ1) is 18.9. The zero-order chi connectivity index (χ0) is 17.4. The number of nitrogens with zero attached hydrogens (tertiary/aromatic N) is 1. The topological polar surface area (TPSA) is 66.5 Å². The van der Waals surface area contributed by atoms with E-state index in [2.05, 4.69) is 10.2 Å². The normalized spacial score (nSPS) is 16.5. The van der Waals surface area contributed by atoms with Crippen LogP contribution < -0.4 is 5.32 Å². The molecule has 0 unspecified atom stereocenters. The minimum atomic E-state index is -3.05. The van der Waals surface area contributed by atoms with Crippen molar-refractivity contribution in [1.29, 1.82) is 0 Å². The van der Waals surface area contributed by atoms with Crippen LogP contribution >= 0.6 is 0 Å². The monoisotopic (exact) mass is 352 g/mol. The van der Waals surface area contributed by atoms with Crippen molar-refractivity contribution in [3.63, 3.8) is 0 Å². The van der Waals surface area contributed by atoms with Gasteiger partial charge < -0.3 is 10.2 Å². The molecule has 134 valence electrons. The number of carbonyl (C=O) groups excluding carboxylic acids is 1. The Morgan fingerprint density at radius 2 is 1.71 bits per heavy atom. The lowest BCUT2D eigenvalue weighted by Crippen LogP contribution is -2.30. The van der Waals surface area contributed by atoms with Crippen molar-refractivity contribution < 1.29 is 13.2 Å². The Bertz CT molecular complexity index is 618. The smallest absolute Gasteiger partial charge is 0.251 e. The molecule has 0 radical (unpaired) electrons. The number of hydrogen-bond acceptors (Lipinski definition) is 4. The highest BCUT2D eigenvalue weighted by molar-refractivity contribution is 7.89. The molecule has 0 aliphatic carbocycles. The minimum absolute atomic E-state index is 0.00470. The predicted molar refractivity (Wildman–Crippen MR) is 96.8 cm³/mol. The minimum Gasteiger partial charge on any atom is -0.352 e. The summed E-state index contributed by atoms with van der Waals surface area (Å²) in [5, 5.41) is 2.94. The van der Waals surface area contributed by atoms with Crippen LogP contribution in [-0.2, 0) is 15.6 Å². The Morgan fingerprint density at radius 1 is 1.08 bits per heavy atom. The van der Waals surface area contributed by atoms with Gasteiger partial charge in [0.1, 0.15) is 0 Å².